The first-order valence-corrected chi connectivity index (χ1v) is 7.11. The summed E-state index contributed by atoms with van der Waals surface area (Å²) in [6.07, 6.45) is 3.43. The first-order chi connectivity index (χ1) is 8.56. The van der Waals surface area contributed by atoms with Crippen LogP contribution in [-0.2, 0) is 4.79 Å². The van der Waals surface area contributed by atoms with Crippen LogP contribution in [0.1, 0.15) is 31.2 Å². The molecule has 0 aromatic heterocycles. The van der Waals surface area contributed by atoms with Crippen LogP contribution in [0, 0.1) is 12.8 Å². The first kappa shape index (κ1) is 13.4. The summed E-state index contributed by atoms with van der Waals surface area (Å²) in [7, 11) is 0. The van der Waals surface area contributed by atoms with Gasteiger partial charge in [-0.25, -0.2) is 0 Å². The Morgan fingerprint density at radius 1 is 1.33 bits per heavy atom. The maximum atomic E-state index is 10.9. The van der Waals surface area contributed by atoms with Crippen LogP contribution in [0.4, 0.5) is 5.69 Å². The molecule has 1 aromatic rings. The molecular weight excluding hydrogens is 294 g/mol. The lowest BCUT2D eigenvalue weighted by Gasteiger charge is -2.28. The number of aliphatic carboxylic acids is 1. The van der Waals surface area contributed by atoms with Gasteiger partial charge in [-0.3, -0.25) is 4.79 Å². The number of halogens is 1. The van der Waals surface area contributed by atoms with Gasteiger partial charge < -0.3 is 10.4 Å². The number of carboxylic acid groups (broad SMARTS) is 1. The molecule has 0 unspecified atom stereocenters. The van der Waals surface area contributed by atoms with Crippen LogP contribution < -0.4 is 5.32 Å². The van der Waals surface area contributed by atoms with Crippen LogP contribution in [0.5, 0.6) is 0 Å². The fourth-order valence-corrected chi connectivity index (χ4v) is 2.97. The normalized spacial score (nSPS) is 23.7. The first-order valence-electron chi connectivity index (χ1n) is 6.32. The van der Waals surface area contributed by atoms with E-state index in [-0.39, 0.29) is 5.92 Å². The van der Waals surface area contributed by atoms with Crippen molar-refractivity contribution in [1.29, 1.82) is 0 Å². The summed E-state index contributed by atoms with van der Waals surface area (Å²) in [5, 5.41) is 12.5. The van der Waals surface area contributed by atoms with Gasteiger partial charge in [0.05, 0.1) is 5.92 Å². The average Bonchev–Trinajstić information content (AvgIpc) is 2.33. The molecule has 4 heteroatoms. The van der Waals surface area contributed by atoms with Crippen molar-refractivity contribution in [3.63, 3.8) is 0 Å². The second-order valence-electron chi connectivity index (χ2n) is 4.99. The molecule has 0 atom stereocenters. The van der Waals surface area contributed by atoms with Crippen molar-refractivity contribution in [1.82, 2.24) is 0 Å². The highest BCUT2D eigenvalue weighted by molar-refractivity contribution is 9.10. The van der Waals surface area contributed by atoms with Gasteiger partial charge in [-0.15, -0.1) is 0 Å². The number of hydrogen-bond donors (Lipinski definition) is 2. The Bertz CT molecular complexity index is 439. The SMILES string of the molecule is Cc1cc(Br)ccc1NC1CCC(C(=O)O)CC1. The number of anilines is 1. The average molecular weight is 312 g/mol. The largest absolute Gasteiger partial charge is 0.481 e. The third-order valence-corrected chi connectivity index (χ3v) is 4.12. The molecule has 2 rings (SSSR count). The third-order valence-electron chi connectivity index (χ3n) is 3.62. The minimum Gasteiger partial charge on any atom is -0.481 e. The monoisotopic (exact) mass is 311 g/mol. The quantitative estimate of drug-likeness (QED) is 0.892. The number of carboxylic acids is 1. The van der Waals surface area contributed by atoms with Crippen molar-refractivity contribution in [3.8, 4) is 0 Å². The summed E-state index contributed by atoms with van der Waals surface area (Å²) in [6, 6.07) is 6.59. The molecule has 0 bridgehead atoms. The molecule has 1 saturated carbocycles. The second-order valence-corrected chi connectivity index (χ2v) is 5.91. The van der Waals surface area contributed by atoms with Crippen LogP contribution in [0.3, 0.4) is 0 Å². The van der Waals surface area contributed by atoms with Gasteiger partial charge in [-0.05, 0) is 56.4 Å². The Morgan fingerprint density at radius 3 is 2.56 bits per heavy atom. The van der Waals surface area contributed by atoms with Gasteiger partial charge in [0.15, 0.2) is 0 Å². The van der Waals surface area contributed by atoms with Gasteiger partial charge >= 0.3 is 5.97 Å². The summed E-state index contributed by atoms with van der Waals surface area (Å²) in [4.78, 5) is 10.9. The van der Waals surface area contributed by atoms with Crippen LogP contribution >= 0.6 is 15.9 Å². The molecule has 3 nitrogen and oxygen atoms in total. The lowest BCUT2D eigenvalue weighted by atomic mass is 9.86. The van der Waals surface area contributed by atoms with Gasteiger partial charge in [-0.2, -0.15) is 0 Å². The zero-order valence-corrected chi connectivity index (χ0v) is 12.0. The molecule has 18 heavy (non-hydrogen) atoms. The zero-order chi connectivity index (χ0) is 13.1. The Labute approximate surface area is 116 Å². The molecule has 2 N–H and O–H groups in total. The van der Waals surface area contributed by atoms with Crippen molar-refractivity contribution in [3.05, 3.63) is 28.2 Å². The van der Waals surface area contributed by atoms with Crippen molar-refractivity contribution >= 4 is 27.6 Å². The van der Waals surface area contributed by atoms with Crippen LogP contribution in [0.2, 0.25) is 0 Å². The van der Waals surface area contributed by atoms with Crippen molar-refractivity contribution in [2.75, 3.05) is 5.32 Å². The topological polar surface area (TPSA) is 49.3 Å². The van der Waals surface area contributed by atoms with Gasteiger partial charge in [0.2, 0.25) is 0 Å². The Balaban J connectivity index is 1.93. The van der Waals surface area contributed by atoms with Crippen LogP contribution in [0.25, 0.3) is 0 Å². The summed E-state index contributed by atoms with van der Waals surface area (Å²) >= 11 is 3.45. The molecule has 1 aliphatic rings. The molecular formula is C14H18BrNO2. The van der Waals surface area contributed by atoms with E-state index >= 15 is 0 Å². The minimum absolute atomic E-state index is 0.144. The van der Waals surface area contributed by atoms with Gasteiger partial charge in [-0.1, -0.05) is 15.9 Å². The fourth-order valence-electron chi connectivity index (χ4n) is 2.49. The molecule has 0 aliphatic heterocycles. The number of nitrogens with one attached hydrogen (secondary N) is 1. The van der Waals surface area contributed by atoms with Crippen molar-refractivity contribution in [2.24, 2.45) is 5.92 Å². The highest BCUT2D eigenvalue weighted by Crippen LogP contribution is 2.28. The highest BCUT2D eigenvalue weighted by Gasteiger charge is 2.25. The fraction of sp³-hybridized carbons (Fsp3) is 0.500. The molecule has 1 aromatic carbocycles. The lowest BCUT2D eigenvalue weighted by molar-refractivity contribution is -0.142. The minimum atomic E-state index is -0.645. The Kier molecular flexibility index (Phi) is 4.27. The smallest absolute Gasteiger partial charge is 0.306 e. The molecule has 0 amide bonds. The number of rotatable bonds is 3. The summed E-state index contributed by atoms with van der Waals surface area (Å²) in [5.74, 6) is -0.790. The Morgan fingerprint density at radius 2 is 2.00 bits per heavy atom. The maximum absolute atomic E-state index is 10.9. The van der Waals surface area contributed by atoms with Gasteiger partial charge in [0.1, 0.15) is 0 Å². The van der Waals surface area contributed by atoms with Crippen molar-refractivity contribution in [2.45, 2.75) is 38.6 Å². The molecule has 98 valence electrons. The standard InChI is InChI=1S/C14H18BrNO2/c1-9-8-11(15)4-7-13(9)16-12-5-2-10(3-6-12)14(17)18/h4,7-8,10,12,16H,2-3,5-6H2,1H3,(H,17,18). The molecule has 0 saturated heterocycles. The van der Waals surface area contributed by atoms with Crippen LogP contribution in [0.15, 0.2) is 22.7 Å². The number of hydrogen-bond acceptors (Lipinski definition) is 2. The van der Waals surface area contributed by atoms with E-state index in [1.165, 1.54) is 5.56 Å². The van der Waals surface area contributed by atoms with Gasteiger partial charge in [0.25, 0.3) is 0 Å². The maximum Gasteiger partial charge on any atom is 0.306 e. The summed E-state index contributed by atoms with van der Waals surface area (Å²) in [6.45, 7) is 2.08. The van der Waals surface area contributed by atoms with E-state index in [9.17, 15) is 4.79 Å². The zero-order valence-electron chi connectivity index (χ0n) is 10.4. The van der Waals surface area contributed by atoms with E-state index in [0.717, 1.165) is 35.8 Å². The predicted molar refractivity (Wildman–Crippen MR) is 75.9 cm³/mol. The van der Waals surface area contributed by atoms with E-state index < -0.39 is 5.97 Å². The summed E-state index contributed by atoms with van der Waals surface area (Å²) < 4.78 is 1.08. The Hall–Kier alpha value is -1.03. The molecule has 1 fully saturated rings. The third kappa shape index (κ3) is 3.25. The van der Waals surface area contributed by atoms with E-state index in [2.05, 4.69) is 40.3 Å². The van der Waals surface area contributed by atoms with Crippen LogP contribution in [-0.4, -0.2) is 17.1 Å². The number of carbonyl (C=O) groups is 1. The van der Waals surface area contributed by atoms with E-state index in [1.807, 2.05) is 6.07 Å². The summed E-state index contributed by atoms with van der Waals surface area (Å²) in [5.41, 5.74) is 2.36. The highest BCUT2D eigenvalue weighted by atomic mass is 79.9. The molecule has 0 radical (unpaired) electrons. The van der Waals surface area contributed by atoms with E-state index in [1.54, 1.807) is 0 Å². The molecule has 1 aliphatic carbocycles. The lowest BCUT2D eigenvalue weighted by Crippen LogP contribution is -2.29. The number of benzene rings is 1. The molecule has 0 heterocycles. The number of aryl methyl sites for hydroxylation is 1. The van der Waals surface area contributed by atoms with Gasteiger partial charge in [0, 0.05) is 16.2 Å². The second kappa shape index (κ2) is 5.74. The predicted octanol–water partition coefficient (Wildman–Crippen LogP) is 3.81. The van der Waals surface area contributed by atoms with E-state index in [0.29, 0.717) is 6.04 Å². The molecule has 0 spiro atoms. The van der Waals surface area contributed by atoms with Crippen molar-refractivity contribution < 1.29 is 9.90 Å². The van der Waals surface area contributed by atoms with E-state index in [4.69, 9.17) is 5.11 Å².